The summed E-state index contributed by atoms with van der Waals surface area (Å²) in [5.41, 5.74) is 0.0736. The van der Waals surface area contributed by atoms with Crippen LogP contribution < -0.4 is 10.6 Å². The lowest BCUT2D eigenvalue weighted by molar-refractivity contribution is -0.137. The molecule has 4 atom stereocenters. The number of fused-ring (bicyclic) bond motifs is 2. The normalized spacial score (nSPS) is 24.6. The number of aromatic nitrogens is 1. The summed E-state index contributed by atoms with van der Waals surface area (Å²) in [6.45, 7) is 0.298. The minimum Gasteiger partial charge on any atom is -0.352 e. The summed E-state index contributed by atoms with van der Waals surface area (Å²) in [7, 11) is 0. The molecular weight excluding hydrogens is 395 g/mol. The second kappa shape index (κ2) is 7.93. The van der Waals surface area contributed by atoms with Gasteiger partial charge < -0.3 is 10.6 Å². The number of rotatable bonds is 5. The Labute approximate surface area is 171 Å². The smallest absolute Gasteiger partial charge is 0.352 e. The van der Waals surface area contributed by atoms with Crippen LogP contribution in [0.15, 0.2) is 60.9 Å². The average Bonchev–Trinajstić information content (AvgIpc) is 3.34. The first kappa shape index (κ1) is 20.1. The molecule has 2 aromatic rings. The Morgan fingerprint density at radius 2 is 1.77 bits per heavy atom. The largest absolute Gasteiger partial charge is 0.416 e. The fourth-order valence-corrected chi connectivity index (χ4v) is 4.35. The zero-order chi connectivity index (χ0) is 21.3. The lowest BCUT2D eigenvalue weighted by atomic mass is 9.81. The van der Waals surface area contributed by atoms with Crippen molar-refractivity contribution >= 4 is 17.5 Å². The van der Waals surface area contributed by atoms with Gasteiger partial charge in [-0.05, 0) is 48.1 Å². The third kappa shape index (κ3) is 4.08. The molecule has 1 aromatic carbocycles. The Kier molecular flexibility index (Phi) is 5.32. The summed E-state index contributed by atoms with van der Waals surface area (Å²) >= 11 is 0. The van der Waals surface area contributed by atoms with E-state index >= 15 is 0 Å². The van der Waals surface area contributed by atoms with Gasteiger partial charge >= 0.3 is 6.18 Å². The van der Waals surface area contributed by atoms with Crippen molar-refractivity contribution in [1.29, 1.82) is 0 Å². The number of carbonyl (C=O) groups is 2. The lowest BCUT2D eigenvalue weighted by Crippen LogP contribution is -2.41. The zero-order valence-electron chi connectivity index (χ0n) is 15.9. The molecule has 1 heterocycles. The van der Waals surface area contributed by atoms with Crippen LogP contribution in [-0.2, 0) is 22.3 Å². The molecule has 1 saturated carbocycles. The molecule has 156 valence electrons. The van der Waals surface area contributed by atoms with Gasteiger partial charge in [0.2, 0.25) is 11.8 Å². The van der Waals surface area contributed by atoms with Crippen molar-refractivity contribution in [3.63, 3.8) is 0 Å². The summed E-state index contributed by atoms with van der Waals surface area (Å²) < 4.78 is 38.8. The van der Waals surface area contributed by atoms with E-state index < -0.39 is 29.5 Å². The minimum atomic E-state index is -4.50. The van der Waals surface area contributed by atoms with E-state index in [1.165, 1.54) is 12.1 Å². The molecule has 2 bridgehead atoms. The van der Waals surface area contributed by atoms with Crippen molar-refractivity contribution in [2.75, 3.05) is 5.32 Å². The fraction of sp³-hybridized carbons (Fsp3) is 0.318. The van der Waals surface area contributed by atoms with Crippen LogP contribution in [0.2, 0.25) is 0 Å². The molecule has 2 aliphatic carbocycles. The number of benzene rings is 1. The number of carbonyl (C=O) groups excluding carboxylic acids is 2. The van der Waals surface area contributed by atoms with Crippen LogP contribution in [0.3, 0.4) is 0 Å². The van der Waals surface area contributed by atoms with Gasteiger partial charge in [-0.3, -0.25) is 14.6 Å². The first-order chi connectivity index (χ1) is 14.3. The molecule has 8 heteroatoms. The highest BCUT2D eigenvalue weighted by Crippen LogP contribution is 2.48. The monoisotopic (exact) mass is 415 g/mol. The van der Waals surface area contributed by atoms with Crippen LogP contribution in [0.25, 0.3) is 0 Å². The molecule has 2 N–H and O–H groups in total. The van der Waals surface area contributed by atoms with Crippen LogP contribution in [0.1, 0.15) is 17.5 Å². The second-order valence-corrected chi connectivity index (χ2v) is 7.65. The first-order valence-corrected chi connectivity index (χ1v) is 9.66. The number of nitrogens with zero attached hydrogens (tertiary/aromatic N) is 1. The highest BCUT2D eigenvalue weighted by molar-refractivity contribution is 5.97. The summed E-state index contributed by atoms with van der Waals surface area (Å²) in [6.07, 6.45) is 3.36. The molecule has 0 unspecified atom stereocenters. The van der Waals surface area contributed by atoms with Crippen molar-refractivity contribution in [3.05, 3.63) is 72.1 Å². The third-order valence-electron chi connectivity index (χ3n) is 5.71. The van der Waals surface area contributed by atoms with E-state index in [0.29, 0.717) is 13.0 Å². The molecule has 1 aromatic heterocycles. The maximum atomic E-state index is 12.9. The van der Waals surface area contributed by atoms with Gasteiger partial charge in [-0.25, -0.2) is 0 Å². The number of hydrogen-bond donors (Lipinski definition) is 2. The summed E-state index contributed by atoms with van der Waals surface area (Å²) in [5, 5.41) is 5.44. The van der Waals surface area contributed by atoms with Crippen LogP contribution in [0, 0.1) is 23.7 Å². The molecule has 1 fully saturated rings. The van der Waals surface area contributed by atoms with E-state index in [1.54, 1.807) is 18.5 Å². The lowest BCUT2D eigenvalue weighted by Gasteiger charge is -2.26. The van der Waals surface area contributed by atoms with Crippen LogP contribution in [-0.4, -0.2) is 16.8 Å². The Bertz CT molecular complexity index is 975. The number of anilines is 1. The number of hydrogen-bond acceptors (Lipinski definition) is 3. The van der Waals surface area contributed by atoms with Gasteiger partial charge in [-0.1, -0.05) is 24.3 Å². The van der Waals surface area contributed by atoms with E-state index in [9.17, 15) is 22.8 Å². The predicted octanol–water partition coefficient (Wildman–Crippen LogP) is 3.79. The van der Waals surface area contributed by atoms with Gasteiger partial charge in [0.25, 0.3) is 0 Å². The number of alkyl halides is 3. The quantitative estimate of drug-likeness (QED) is 0.730. The van der Waals surface area contributed by atoms with Gasteiger partial charge in [0.1, 0.15) is 0 Å². The molecule has 4 rings (SSSR count). The maximum Gasteiger partial charge on any atom is 0.416 e. The SMILES string of the molecule is O=C(Nc1cccc(C(F)(F)F)c1)[C@@H]1[C@@H](C(=O)NCc2cccnc2)[C@H]2C=C[C@@H]1C2. The van der Waals surface area contributed by atoms with Crippen molar-refractivity contribution in [2.45, 2.75) is 19.1 Å². The number of allylic oxidation sites excluding steroid dienone is 2. The van der Waals surface area contributed by atoms with Gasteiger partial charge in [0.15, 0.2) is 0 Å². The first-order valence-electron chi connectivity index (χ1n) is 9.66. The summed E-state index contributed by atoms with van der Waals surface area (Å²) in [4.78, 5) is 29.8. The van der Waals surface area contributed by atoms with E-state index in [-0.39, 0.29) is 23.4 Å². The predicted molar refractivity (Wildman–Crippen MR) is 104 cm³/mol. The van der Waals surface area contributed by atoms with E-state index in [1.807, 2.05) is 18.2 Å². The van der Waals surface area contributed by atoms with Gasteiger partial charge in [0.05, 0.1) is 17.4 Å². The number of halogens is 3. The Hall–Kier alpha value is -3.16. The van der Waals surface area contributed by atoms with Gasteiger partial charge in [0, 0.05) is 24.6 Å². The van der Waals surface area contributed by atoms with Crippen molar-refractivity contribution < 1.29 is 22.8 Å². The standard InChI is InChI=1S/C22H20F3N3O2/c23-22(24,25)16-4-1-5-17(10-16)28-21(30)19-15-7-6-14(9-15)18(19)20(29)27-12-13-3-2-8-26-11-13/h1-8,10-11,14-15,18-19H,9,12H2,(H,27,29)(H,28,30)/t14-,15+,18-,19-/m0/s1. The topological polar surface area (TPSA) is 71.1 Å². The fourth-order valence-electron chi connectivity index (χ4n) is 4.35. The van der Waals surface area contributed by atoms with Gasteiger partial charge in [-0.15, -0.1) is 0 Å². The third-order valence-corrected chi connectivity index (χ3v) is 5.71. The van der Waals surface area contributed by atoms with Crippen LogP contribution in [0.5, 0.6) is 0 Å². The minimum absolute atomic E-state index is 0.0545. The second-order valence-electron chi connectivity index (χ2n) is 7.65. The molecular formula is C22H20F3N3O2. The molecule has 2 aliphatic rings. The molecule has 0 spiro atoms. The van der Waals surface area contributed by atoms with Crippen molar-refractivity contribution in [2.24, 2.45) is 23.7 Å². The average molecular weight is 415 g/mol. The molecule has 0 aliphatic heterocycles. The molecule has 0 saturated heterocycles. The number of pyridine rings is 1. The molecule has 2 amide bonds. The van der Waals surface area contributed by atoms with Crippen LogP contribution >= 0.6 is 0 Å². The number of nitrogens with one attached hydrogen (secondary N) is 2. The van der Waals surface area contributed by atoms with E-state index in [2.05, 4.69) is 15.6 Å². The zero-order valence-corrected chi connectivity index (χ0v) is 15.9. The Morgan fingerprint density at radius 3 is 2.43 bits per heavy atom. The van der Waals surface area contributed by atoms with E-state index in [4.69, 9.17) is 0 Å². The maximum absolute atomic E-state index is 12.9. The van der Waals surface area contributed by atoms with Crippen molar-refractivity contribution in [3.8, 4) is 0 Å². The highest BCUT2D eigenvalue weighted by Gasteiger charge is 2.51. The van der Waals surface area contributed by atoms with E-state index in [0.717, 1.165) is 17.7 Å². The highest BCUT2D eigenvalue weighted by atomic mass is 19.4. The molecule has 5 nitrogen and oxygen atoms in total. The van der Waals surface area contributed by atoms with Crippen molar-refractivity contribution in [1.82, 2.24) is 10.3 Å². The molecule has 30 heavy (non-hydrogen) atoms. The Balaban J connectivity index is 1.47. The van der Waals surface area contributed by atoms with Crippen LogP contribution in [0.4, 0.5) is 18.9 Å². The Morgan fingerprint density at radius 1 is 1.03 bits per heavy atom. The number of amides is 2. The molecule has 0 radical (unpaired) electrons. The summed E-state index contributed by atoms with van der Waals surface area (Å²) in [5.74, 6) is -2.00. The van der Waals surface area contributed by atoms with Gasteiger partial charge in [-0.2, -0.15) is 13.2 Å². The summed E-state index contributed by atoms with van der Waals surface area (Å²) in [6, 6.07) is 8.12.